The fourth-order valence-corrected chi connectivity index (χ4v) is 3.51. The van der Waals surface area contributed by atoms with Gasteiger partial charge in [-0.05, 0) is 72.3 Å². The number of benzene rings is 1. The molecule has 0 aliphatic heterocycles. The Balaban J connectivity index is 2.09. The molecular formula is C16H24BrNO. The standard InChI is InChI=1S/C16H24BrNO/c1-3-12-5-6-13(10-18)16(9-12)19-15-7-4-11(2)8-14(15)17/h4,7-8,12-13,16H,3,5-6,9-10,18H2,1-2H3. The Morgan fingerprint density at radius 1 is 1.37 bits per heavy atom. The van der Waals surface area contributed by atoms with Crippen molar-refractivity contribution in [2.45, 2.75) is 45.6 Å². The minimum atomic E-state index is 0.266. The predicted octanol–water partition coefficient (Wildman–Crippen LogP) is 4.29. The third-order valence-corrected chi connectivity index (χ3v) is 4.90. The van der Waals surface area contributed by atoms with Crippen molar-refractivity contribution in [3.63, 3.8) is 0 Å². The molecule has 3 atom stereocenters. The summed E-state index contributed by atoms with van der Waals surface area (Å²) in [6.45, 7) is 5.09. The van der Waals surface area contributed by atoms with Gasteiger partial charge in [-0.2, -0.15) is 0 Å². The van der Waals surface area contributed by atoms with E-state index in [4.69, 9.17) is 10.5 Å². The SMILES string of the molecule is CCC1CCC(CN)C(Oc2ccc(C)cc2Br)C1. The van der Waals surface area contributed by atoms with Crippen LogP contribution in [0.25, 0.3) is 0 Å². The van der Waals surface area contributed by atoms with Gasteiger partial charge in [0.15, 0.2) is 0 Å². The molecule has 0 saturated heterocycles. The van der Waals surface area contributed by atoms with Crippen LogP contribution in [0.5, 0.6) is 5.75 Å². The Bertz CT molecular complexity index is 421. The van der Waals surface area contributed by atoms with Gasteiger partial charge in [0.05, 0.1) is 4.47 Å². The largest absolute Gasteiger partial charge is 0.489 e. The molecule has 0 heterocycles. The van der Waals surface area contributed by atoms with Crippen molar-refractivity contribution in [3.05, 3.63) is 28.2 Å². The van der Waals surface area contributed by atoms with Gasteiger partial charge in [-0.15, -0.1) is 0 Å². The van der Waals surface area contributed by atoms with Crippen LogP contribution in [0.3, 0.4) is 0 Å². The Morgan fingerprint density at radius 2 is 2.16 bits per heavy atom. The zero-order valence-corrected chi connectivity index (χ0v) is 13.4. The number of hydrogen-bond donors (Lipinski definition) is 1. The molecule has 1 fully saturated rings. The lowest BCUT2D eigenvalue weighted by atomic mass is 9.78. The maximum absolute atomic E-state index is 6.25. The van der Waals surface area contributed by atoms with Gasteiger partial charge in [0, 0.05) is 5.92 Å². The second-order valence-corrected chi connectivity index (χ2v) is 6.53. The first kappa shape index (κ1) is 14.9. The molecule has 0 bridgehead atoms. The average Bonchev–Trinajstić information content (AvgIpc) is 2.41. The van der Waals surface area contributed by atoms with E-state index in [0.29, 0.717) is 5.92 Å². The summed E-state index contributed by atoms with van der Waals surface area (Å²) in [6, 6.07) is 6.26. The first-order valence-corrected chi connectivity index (χ1v) is 8.06. The van der Waals surface area contributed by atoms with E-state index in [1.54, 1.807) is 0 Å². The molecule has 0 aromatic heterocycles. The van der Waals surface area contributed by atoms with Gasteiger partial charge in [-0.1, -0.05) is 19.4 Å². The lowest BCUT2D eigenvalue weighted by molar-refractivity contribution is 0.0678. The van der Waals surface area contributed by atoms with Crippen molar-refractivity contribution in [3.8, 4) is 5.75 Å². The molecule has 3 heteroatoms. The van der Waals surface area contributed by atoms with Crippen LogP contribution in [-0.4, -0.2) is 12.6 Å². The Labute approximate surface area is 124 Å². The summed E-state index contributed by atoms with van der Waals surface area (Å²) in [6.07, 6.45) is 5.14. The lowest BCUT2D eigenvalue weighted by Gasteiger charge is -2.35. The fraction of sp³-hybridized carbons (Fsp3) is 0.625. The van der Waals surface area contributed by atoms with Crippen LogP contribution in [0.4, 0.5) is 0 Å². The summed E-state index contributed by atoms with van der Waals surface area (Å²) in [7, 11) is 0. The van der Waals surface area contributed by atoms with Crippen LogP contribution in [0.2, 0.25) is 0 Å². The third kappa shape index (κ3) is 3.73. The normalized spacial score (nSPS) is 27.3. The number of aryl methyl sites for hydroxylation is 1. The summed E-state index contributed by atoms with van der Waals surface area (Å²) >= 11 is 3.59. The summed E-state index contributed by atoms with van der Waals surface area (Å²) in [5.41, 5.74) is 7.15. The van der Waals surface area contributed by atoms with Crippen LogP contribution < -0.4 is 10.5 Å². The first-order valence-electron chi connectivity index (χ1n) is 7.27. The molecule has 1 aromatic rings. The molecule has 2 N–H and O–H groups in total. The highest BCUT2D eigenvalue weighted by Gasteiger charge is 2.30. The van der Waals surface area contributed by atoms with Gasteiger partial charge in [-0.3, -0.25) is 0 Å². The minimum Gasteiger partial charge on any atom is -0.489 e. The molecule has 19 heavy (non-hydrogen) atoms. The zero-order chi connectivity index (χ0) is 13.8. The smallest absolute Gasteiger partial charge is 0.133 e. The van der Waals surface area contributed by atoms with Crippen molar-refractivity contribution < 1.29 is 4.74 Å². The van der Waals surface area contributed by atoms with Crippen LogP contribution in [0, 0.1) is 18.8 Å². The van der Waals surface area contributed by atoms with Gasteiger partial charge < -0.3 is 10.5 Å². The van der Waals surface area contributed by atoms with Gasteiger partial charge in [0.25, 0.3) is 0 Å². The summed E-state index contributed by atoms with van der Waals surface area (Å²) < 4.78 is 7.29. The van der Waals surface area contributed by atoms with Crippen LogP contribution >= 0.6 is 15.9 Å². The molecule has 3 unspecified atom stereocenters. The highest BCUT2D eigenvalue weighted by atomic mass is 79.9. The van der Waals surface area contributed by atoms with E-state index in [2.05, 4.69) is 48.0 Å². The quantitative estimate of drug-likeness (QED) is 0.896. The van der Waals surface area contributed by atoms with Gasteiger partial charge in [-0.25, -0.2) is 0 Å². The molecule has 0 amide bonds. The first-order chi connectivity index (χ1) is 9.13. The summed E-state index contributed by atoms with van der Waals surface area (Å²) in [5, 5.41) is 0. The van der Waals surface area contributed by atoms with Crippen molar-refractivity contribution >= 4 is 15.9 Å². The van der Waals surface area contributed by atoms with Gasteiger partial charge in [0.2, 0.25) is 0 Å². The average molecular weight is 326 g/mol. The number of ether oxygens (including phenoxy) is 1. The Kier molecular flexibility index (Phi) is 5.28. The van der Waals surface area contributed by atoms with E-state index in [9.17, 15) is 0 Å². The molecular weight excluding hydrogens is 302 g/mol. The molecule has 2 nitrogen and oxygen atoms in total. The van der Waals surface area contributed by atoms with Crippen molar-refractivity contribution in [1.29, 1.82) is 0 Å². The topological polar surface area (TPSA) is 35.2 Å². The molecule has 1 aliphatic carbocycles. The number of nitrogens with two attached hydrogens (primary N) is 1. The zero-order valence-electron chi connectivity index (χ0n) is 11.9. The summed E-state index contributed by atoms with van der Waals surface area (Å²) in [5.74, 6) is 2.24. The van der Waals surface area contributed by atoms with Crippen molar-refractivity contribution in [2.24, 2.45) is 17.6 Å². The maximum atomic E-state index is 6.25. The van der Waals surface area contributed by atoms with E-state index < -0.39 is 0 Å². The second-order valence-electron chi connectivity index (χ2n) is 5.67. The minimum absolute atomic E-state index is 0.266. The van der Waals surface area contributed by atoms with E-state index in [-0.39, 0.29) is 6.10 Å². The molecule has 106 valence electrons. The third-order valence-electron chi connectivity index (χ3n) is 4.28. The number of rotatable bonds is 4. The molecule has 1 saturated carbocycles. The highest BCUT2D eigenvalue weighted by molar-refractivity contribution is 9.10. The molecule has 0 radical (unpaired) electrons. The summed E-state index contributed by atoms with van der Waals surface area (Å²) in [4.78, 5) is 0. The van der Waals surface area contributed by atoms with E-state index in [1.165, 1.54) is 24.8 Å². The van der Waals surface area contributed by atoms with Gasteiger partial charge in [0.1, 0.15) is 11.9 Å². The molecule has 1 aliphatic rings. The van der Waals surface area contributed by atoms with E-state index in [1.807, 2.05) is 0 Å². The maximum Gasteiger partial charge on any atom is 0.133 e. The number of hydrogen-bond acceptors (Lipinski definition) is 2. The fourth-order valence-electron chi connectivity index (χ4n) is 2.92. The van der Waals surface area contributed by atoms with E-state index >= 15 is 0 Å². The van der Waals surface area contributed by atoms with E-state index in [0.717, 1.165) is 29.1 Å². The molecule has 0 spiro atoms. The lowest BCUT2D eigenvalue weighted by Crippen LogP contribution is -2.38. The van der Waals surface area contributed by atoms with Crippen molar-refractivity contribution in [2.75, 3.05) is 6.54 Å². The predicted molar refractivity (Wildman–Crippen MR) is 83.5 cm³/mol. The second kappa shape index (κ2) is 6.76. The van der Waals surface area contributed by atoms with Crippen molar-refractivity contribution in [1.82, 2.24) is 0 Å². The number of halogens is 1. The Morgan fingerprint density at radius 3 is 2.79 bits per heavy atom. The van der Waals surface area contributed by atoms with Crippen LogP contribution in [0.1, 0.15) is 38.2 Å². The highest BCUT2D eigenvalue weighted by Crippen LogP contribution is 2.35. The van der Waals surface area contributed by atoms with Crippen LogP contribution in [-0.2, 0) is 0 Å². The van der Waals surface area contributed by atoms with Crippen LogP contribution in [0.15, 0.2) is 22.7 Å². The molecule has 1 aromatic carbocycles. The van der Waals surface area contributed by atoms with Gasteiger partial charge >= 0.3 is 0 Å². The Hall–Kier alpha value is -0.540. The monoisotopic (exact) mass is 325 g/mol. The molecule has 2 rings (SSSR count).